The number of aromatic nitrogens is 2. The van der Waals surface area contributed by atoms with Gasteiger partial charge in [-0.15, -0.1) is 0 Å². The van der Waals surface area contributed by atoms with Gasteiger partial charge in [0.25, 0.3) is 0 Å². The molecular formula is C15H21N3O4. The quantitative estimate of drug-likeness (QED) is 0.886. The van der Waals surface area contributed by atoms with Crippen molar-refractivity contribution in [2.45, 2.75) is 26.3 Å². The largest absolute Gasteiger partial charge is 0.481 e. The second-order valence-electron chi connectivity index (χ2n) is 6.12. The molecule has 3 rings (SSSR count). The van der Waals surface area contributed by atoms with Gasteiger partial charge in [-0.3, -0.25) is 14.3 Å². The van der Waals surface area contributed by atoms with E-state index in [1.165, 1.54) is 0 Å². The number of amides is 1. The Morgan fingerprint density at radius 3 is 2.59 bits per heavy atom. The topological polar surface area (TPSA) is 84.7 Å². The van der Waals surface area contributed by atoms with Crippen LogP contribution in [0.1, 0.15) is 29.4 Å². The number of nitrogens with zero attached hydrogens (tertiary/aromatic N) is 3. The second kappa shape index (κ2) is 5.39. The number of hydrogen-bond acceptors (Lipinski definition) is 4. The number of aliphatic carboxylic acids is 1. The van der Waals surface area contributed by atoms with E-state index < -0.39 is 11.9 Å². The molecule has 1 saturated carbocycles. The van der Waals surface area contributed by atoms with Crippen LogP contribution in [0.4, 0.5) is 0 Å². The molecule has 3 unspecified atom stereocenters. The van der Waals surface area contributed by atoms with Crippen molar-refractivity contribution in [2.24, 2.45) is 18.9 Å². The third kappa shape index (κ3) is 2.39. The normalized spacial score (nSPS) is 27.8. The fourth-order valence-corrected chi connectivity index (χ4v) is 3.33. The Morgan fingerprint density at radius 2 is 2.05 bits per heavy atom. The van der Waals surface area contributed by atoms with Crippen LogP contribution >= 0.6 is 0 Å². The van der Waals surface area contributed by atoms with Gasteiger partial charge >= 0.3 is 5.97 Å². The SMILES string of the molecule is Cc1nn(C)c(C)c1C1COCCN1C(=O)C1CC1C(=O)O. The highest BCUT2D eigenvalue weighted by atomic mass is 16.5. The van der Waals surface area contributed by atoms with Gasteiger partial charge in [-0.25, -0.2) is 0 Å². The first-order chi connectivity index (χ1) is 10.4. The van der Waals surface area contributed by atoms with Gasteiger partial charge in [0.1, 0.15) is 0 Å². The average Bonchev–Trinajstić information content (AvgIpc) is 3.23. The Kier molecular flexibility index (Phi) is 3.68. The van der Waals surface area contributed by atoms with E-state index in [2.05, 4.69) is 5.10 Å². The number of ether oxygens (including phenoxy) is 1. The summed E-state index contributed by atoms with van der Waals surface area (Å²) in [6.45, 7) is 5.33. The van der Waals surface area contributed by atoms with Gasteiger partial charge in [0.2, 0.25) is 5.91 Å². The maximum Gasteiger partial charge on any atom is 0.307 e. The second-order valence-corrected chi connectivity index (χ2v) is 6.12. The van der Waals surface area contributed by atoms with Crippen molar-refractivity contribution in [3.63, 3.8) is 0 Å². The van der Waals surface area contributed by atoms with Crippen LogP contribution in [0, 0.1) is 25.7 Å². The summed E-state index contributed by atoms with van der Waals surface area (Å²) in [7, 11) is 1.88. The van der Waals surface area contributed by atoms with Gasteiger partial charge in [-0.1, -0.05) is 0 Å². The van der Waals surface area contributed by atoms with E-state index in [0.717, 1.165) is 17.0 Å². The Hall–Kier alpha value is -1.89. The summed E-state index contributed by atoms with van der Waals surface area (Å²) in [6, 6.07) is -0.176. The van der Waals surface area contributed by atoms with Crippen LogP contribution in [0.15, 0.2) is 0 Å². The van der Waals surface area contributed by atoms with Crippen LogP contribution < -0.4 is 0 Å². The first kappa shape index (κ1) is 15.0. The summed E-state index contributed by atoms with van der Waals surface area (Å²) in [5.41, 5.74) is 2.92. The summed E-state index contributed by atoms with van der Waals surface area (Å²) in [5.74, 6) is -1.84. The van der Waals surface area contributed by atoms with Crippen molar-refractivity contribution in [1.29, 1.82) is 0 Å². The van der Waals surface area contributed by atoms with Gasteiger partial charge in [0.15, 0.2) is 0 Å². The van der Waals surface area contributed by atoms with Crippen molar-refractivity contribution in [1.82, 2.24) is 14.7 Å². The number of carboxylic acids is 1. The zero-order valence-electron chi connectivity index (χ0n) is 13.1. The number of morpholine rings is 1. The number of carboxylic acid groups (broad SMARTS) is 1. The lowest BCUT2D eigenvalue weighted by atomic mass is 10.0. The zero-order valence-corrected chi connectivity index (χ0v) is 13.1. The molecule has 0 spiro atoms. The van der Waals surface area contributed by atoms with E-state index in [4.69, 9.17) is 9.84 Å². The molecule has 0 aromatic carbocycles. The van der Waals surface area contributed by atoms with E-state index in [1.807, 2.05) is 20.9 Å². The highest BCUT2D eigenvalue weighted by Gasteiger charge is 2.51. The molecule has 120 valence electrons. The van der Waals surface area contributed by atoms with Gasteiger partial charge in [0.05, 0.1) is 36.8 Å². The summed E-state index contributed by atoms with van der Waals surface area (Å²) in [4.78, 5) is 25.5. The van der Waals surface area contributed by atoms with Gasteiger partial charge in [0, 0.05) is 24.8 Å². The molecular weight excluding hydrogens is 286 g/mol. The third-order valence-corrected chi connectivity index (χ3v) is 4.73. The molecule has 1 aliphatic carbocycles. The Balaban J connectivity index is 1.86. The Bertz CT molecular complexity index is 625. The lowest BCUT2D eigenvalue weighted by Gasteiger charge is -2.36. The highest BCUT2D eigenvalue weighted by Crippen LogP contribution is 2.42. The predicted octanol–water partition coefficient (Wildman–Crippen LogP) is 0.658. The molecule has 0 radical (unpaired) electrons. The van der Waals surface area contributed by atoms with Crippen molar-refractivity contribution < 1.29 is 19.4 Å². The number of hydrogen-bond donors (Lipinski definition) is 1. The monoisotopic (exact) mass is 307 g/mol. The molecule has 1 amide bonds. The van der Waals surface area contributed by atoms with Crippen LogP contribution in [0.5, 0.6) is 0 Å². The smallest absolute Gasteiger partial charge is 0.307 e. The van der Waals surface area contributed by atoms with E-state index in [-0.39, 0.29) is 17.9 Å². The molecule has 1 aromatic heterocycles. The van der Waals surface area contributed by atoms with E-state index in [1.54, 1.807) is 9.58 Å². The van der Waals surface area contributed by atoms with Crippen molar-refractivity contribution in [3.8, 4) is 0 Å². The van der Waals surface area contributed by atoms with E-state index >= 15 is 0 Å². The van der Waals surface area contributed by atoms with Crippen molar-refractivity contribution in [3.05, 3.63) is 17.0 Å². The van der Waals surface area contributed by atoms with E-state index in [0.29, 0.717) is 26.2 Å². The minimum atomic E-state index is -0.878. The molecule has 22 heavy (non-hydrogen) atoms. The molecule has 1 aliphatic heterocycles. The molecule has 0 bridgehead atoms. The fraction of sp³-hybridized carbons (Fsp3) is 0.667. The maximum atomic E-state index is 12.7. The van der Waals surface area contributed by atoms with Crippen molar-refractivity contribution in [2.75, 3.05) is 19.8 Å². The zero-order chi connectivity index (χ0) is 16.0. The van der Waals surface area contributed by atoms with Crippen LogP contribution in [0.3, 0.4) is 0 Å². The van der Waals surface area contributed by atoms with Crippen LogP contribution in [-0.4, -0.2) is 51.4 Å². The Morgan fingerprint density at radius 1 is 1.32 bits per heavy atom. The predicted molar refractivity (Wildman–Crippen MR) is 77.2 cm³/mol. The van der Waals surface area contributed by atoms with Crippen molar-refractivity contribution >= 4 is 11.9 Å². The third-order valence-electron chi connectivity index (χ3n) is 4.73. The molecule has 7 heteroatoms. The van der Waals surface area contributed by atoms with E-state index in [9.17, 15) is 9.59 Å². The van der Waals surface area contributed by atoms with Gasteiger partial charge in [-0.05, 0) is 20.3 Å². The van der Waals surface area contributed by atoms with Crippen LogP contribution in [-0.2, 0) is 21.4 Å². The molecule has 1 aromatic rings. The van der Waals surface area contributed by atoms with Crippen LogP contribution in [0.2, 0.25) is 0 Å². The van der Waals surface area contributed by atoms with Crippen LogP contribution in [0.25, 0.3) is 0 Å². The summed E-state index contributed by atoms with van der Waals surface area (Å²) in [6.07, 6.45) is 0.448. The molecule has 7 nitrogen and oxygen atoms in total. The van der Waals surface area contributed by atoms with Gasteiger partial charge < -0.3 is 14.7 Å². The average molecular weight is 307 g/mol. The molecule has 2 heterocycles. The van der Waals surface area contributed by atoms with Gasteiger partial charge in [-0.2, -0.15) is 5.10 Å². The molecule has 1 N–H and O–H groups in total. The molecule has 3 atom stereocenters. The lowest BCUT2D eigenvalue weighted by Crippen LogP contribution is -2.44. The highest BCUT2D eigenvalue weighted by molar-refractivity contribution is 5.89. The fourth-order valence-electron chi connectivity index (χ4n) is 3.33. The molecule has 1 saturated heterocycles. The number of carbonyl (C=O) groups is 2. The minimum Gasteiger partial charge on any atom is -0.481 e. The maximum absolute atomic E-state index is 12.7. The standard InChI is InChI=1S/C15H21N3O4/c1-8-13(9(2)17(3)16-8)12-7-22-5-4-18(12)14(19)10-6-11(10)15(20)21/h10-12H,4-7H2,1-3H3,(H,20,21). The number of rotatable bonds is 3. The summed E-state index contributed by atoms with van der Waals surface area (Å²) < 4.78 is 7.37. The Labute approximate surface area is 128 Å². The number of aryl methyl sites for hydroxylation is 2. The first-order valence-corrected chi connectivity index (χ1v) is 7.53. The molecule has 2 aliphatic rings. The first-order valence-electron chi connectivity index (χ1n) is 7.53. The number of carbonyl (C=O) groups excluding carboxylic acids is 1. The minimum absolute atomic E-state index is 0.0663. The lowest BCUT2D eigenvalue weighted by molar-refractivity contribution is -0.146. The summed E-state index contributed by atoms with van der Waals surface area (Å²) >= 11 is 0. The molecule has 2 fully saturated rings. The summed E-state index contributed by atoms with van der Waals surface area (Å²) in [5, 5.41) is 13.4.